The number of nitrogens with zero attached hydrogens (tertiary/aromatic N) is 2. The lowest BCUT2D eigenvalue weighted by Crippen LogP contribution is -2.47. The van der Waals surface area contributed by atoms with Crippen molar-refractivity contribution in [1.82, 2.24) is 15.1 Å². The SMILES string of the molecule is CN1CCC(NC(=O)C2CCN(Cc3ccc(Cl)cc3F)CC2)CC1. The third-order valence-electron chi connectivity index (χ3n) is 5.43. The fourth-order valence-corrected chi connectivity index (χ4v) is 3.87. The molecule has 0 saturated carbocycles. The van der Waals surface area contributed by atoms with E-state index in [9.17, 15) is 9.18 Å². The van der Waals surface area contributed by atoms with Crippen molar-refractivity contribution < 1.29 is 9.18 Å². The van der Waals surface area contributed by atoms with Gasteiger partial charge in [0.1, 0.15) is 5.82 Å². The summed E-state index contributed by atoms with van der Waals surface area (Å²) in [6.07, 6.45) is 3.76. The van der Waals surface area contributed by atoms with Gasteiger partial charge in [-0.25, -0.2) is 4.39 Å². The minimum Gasteiger partial charge on any atom is -0.353 e. The molecule has 2 heterocycles. The van der Waals surface area contributed by atoms with E-state index in [1.807, 2.05) is 0 Å². The zero-order valence-electron chi connectivity index (χ0n) is 14.8. The molecule has 1 amide bonds. The number of carbonyl (C=O) groups excluding carboxylic acids is 1. The van der Waals surface area contributed by atoms with Gasteiger partial charge in [-0.1, -0.05) is 17.7 Å². The van der Waals surface area contributed by atoms with E-state index in [0.29, 0.717) is 23.2 Å². The quantitative estimate of drug-likeness (QED) is 0.888. The van der Waals surface area contributed by atoms with E-state index in [2.05, 4.69) is 22.2 Å². The molecule has 2 fully saturated rings. The molecule has 0 atom stereocenters. The van der Waals surface area contributed by atoms with Gasteiger partial charge in [-0.3, -0.25) is 9.69 Å². The van der Waals surface area contributed by atoms with Crippen LogP contribution in [0.25, 0.3) is 0 Å². The molecule has 0 bridgehead atoms. The standard InChI is InChI=1S/C19H27ClFN3O/c1-23-8-6-17(7-9-23)22-19(25)14-4-10-24(11-5-14)13-15-2-3-16(20)12-18(15)21/h2-3,12,14,17H,4-11,13H2,1H3,(H,22,25). The number of amides is 1. The van der Waals surface area contributed by atoms with Gasteiger partial charge in [-0.05, 0) is 71.0 Å². The maximum atomic E-state index is 13.9. The summed E-state index contributed by atoms with van der Waals surface area (Å²) in [5, 5.41) is 3.65. The molecule has 6 heteroatoms. The number of benzene rings is 1. The Hall–Kier alpha value is -1.17. The molecule has 4 nitrogen and oxygen atoms in total. The maximum absolute atomic E-state index is 13.9. The first-order valence-electron chi connectivity index (χ1n) is 9.16. The number of carbonyl (C=O) groups is 1. The molecule has 1 aromatic carbocycles. The Morgan fingerprint density at radius 2 is 1.88 bits per heavy atom. The minimum atomic E-state index is -0.255. The van der Waals surface area contributed by atoms with Gasteiger partial charge in [0.05, 0.1) is 0 Å². The largest absolute Gasteiger partial charge is 0.353 e. The van der Waals surface area contributed by atoms with Crippen molar-refractivity contribution in [3.8, 4) is 0 Å². The van der Waals surface area contributed by atoms with Crippen molar-refractivity contribution in [3.05, 3.63) is 34.6 Å². The molecular weight excluding hydrogens is 341 g/mol. The average Bonchev–Trinajstić information content (AvgIpc) is 2.60. The highest BCUT2D eigenvalue weighted by Crippen LogP contribution is 2.22. The lowest BCUT2D eigenvalue weighted by atomic mass is 9.94. The molecule has 138 valence electrons. The number of hydrogen-bond donors (Lipinski definition) is 1. The second-order valence-corrected chi connectivity index (χ2v) is 7.81. The smallest absolute Gasteiger partial charge is 0.223 e. The highest BCUT2D eigenvalue weighted by molar-refractivity contribution is 6.30. The zero-order chi connectivity index (χ0) is 17.8. The number of halogens is 2. The van der Waals surface area contributed by atoms with E-state index in [-0.39, 0.29) is 17.6 Å². The van der Waals surface area contributed by atoms with E-state index in [1.54, 1.807) is 12.1 Å². The van der Waals surface area contributed by atoms with Gasteiger partial charge < -0.3 is 10.2 Å². The second-order valence-electron chi connectivity index (χ2n) is 7.37. The molecular formula is C19H27ClFN3O. The summed E-state index contributed by atoms with van der Waals surface area (Å²) in [5.74, 6) is 0.0347. The molecule has 2 saturated heterocycles. The van der Waals surface area contributed by atoms with Crippen LogP contribution in [0.15, 0.2) is 18.2 Å². The van der Waals surface area contributed by atoms with Crippen LogP contribution in [0.2, 0.25) is 5.02 Å². The van der Waals surface area contributed by atoms with Crippen molar-refractivity contribution in [3.63, 3.8) is 0 Å². The van der Waals surface area contributed by atoms with E-state index < -0.39 is 0 Å². The Balaban J connectivity index is 1.44. The Morgan fingerprint density at radius 1 is 1.20 bits per heavy atom. The van der Waals surface area contributed by atoms with Gasteiger partial charge in [0, 0.05) is 29.1 Å². The first-order chi connectivity index (χ1) is 12.0. The molecule has 0 aromatic heterocycles. The normalized spacial score (nSPS) is 21.4. The monoisotopic (exact) mass is 367 g/mol. The van der Waals surface area contributed by atoms with Crippen LogP contribution in [0.5, 0.6) is 0 Å². The molecule has 0 unspecified atom stereocenters. The third kappa shape index (κ3) is 5.16. The lowest BCUT2D eigenvalue weighted by molar-refractivity contribution is -0.127. The van der Waals surface area contributed by atoms with Gasteiger partial charge in [-0.15, -0.1) is 0 Å². The number of rotatable bonds is 4. The molecule has 25 heavy (non-hydrogen) atoms. The highest BCUT2D eigenvalue weighted by atomic mass is 35.5. The average molecular weight is 368 g/mol. The van der Waals surface area contributed by atoms with Crippen LogP contribution in [0.1, 0.15) is 31.2 Å². The molecule has 2 aliphatic heterocycles. The van der Waals surface area contributed by atoms with Gasteiger partial charge in [-0.2, -0.15) is 0 Å². The van der Waals surface area contributed by atoms with E-state index >= 15 is 0 Å². The Bertz CT molecular complexity index is 596. The van der Waals surface area contributed by atoms with E-state index in [0.717, 1.165) is 51.9 Å². The molecule has 0 radical (unpaired) electrons. The Labute approximate surface area is 154 Å². The topological polar surface area (TPSA) is 35.6 Å². The minimum absolute atomic E-state index is 0.0889. The molecule has 0 spiro atoms. The van der Waals surface area contributed by atoms with E-state index in [4.69, 9.17) is 11.6 Å². The molecule has 2 aliphatic rings. The van der Waals surface area contributed by atoms with Crippen LogP contribution in [0, 0.1) is 11.7 Å². The third-order valence-corrected chi connectivity index (χ3v) is 5.67. The molecule has 1 aromatic rings. The number of hydrogen-bond acceptors (Lipinski definition) is 3. The summed E-state index contributed by atoms with van der Waals surface area (Å²) in [6, 6.07) is 5.15. The first kappa shape index (κ1) is 18.6. The Kier molecular flexibility index (Phi) is 6.31. The Morgan fingerprint density at radius 3 is 2.52 bits per heavy atom. The first-order valence-corrected chi connectivity index (χ1v) is 9.54. The number of likely N-dealkylation sites (tertiary alicyclic amines) is 2. The zero-order valence-corrected chi connectivity index (χ0v) is 15.6. The van der Waals surface area contributed by atoms with Crippen LogP contribution >= 0.6 is 11.6 Å². The predicted octanol–water partition coefficient (Wildman–Crippen LogP) is 2.90. The predicted molar refractivity (Wildman–Crippen MR) is 98.1 cm³/mol. The van der Waals surface area contributed by atoms with E-state index in [1.165, 1.54) is 6.07 Å². The number of nitrogens with one attached hydrogen (secondary N) is 1. The summed E-state index contributed by atoms with van der Waals surface area (Å²) in [7, 11) is 2.12. The summed E-state index contributed by atoms with van der Waals surface area (Å²) >= 11 is 5.80. The highest BCUT2D eigenvalue weighted by Gasteiger charge is 2.27. The molecule has 0 aliphatic carbocycles. The summed E-state index contributed by atoms with van der Waals surface area (Å²) in [4.78, 5) is 17.0. The lowest BCUT2D eigenvalue weighted by Gasteiger charge is -2.34. The van der Waals surface area contributed by atoms with Crippen molar-refractivity contribution in [1.29, 1.82) is 0 Å². The van der Waals surface area contributed by atoms with Gasteiger partial charge in [0.2, 0.25) is 5.91 Å². The van der Waals surface area contributed by atoms with Gasteiger partial charge >= 0.3 is 0 Å². The molecule has 1 N–H and O–H groups in total. The van der Waals surface area contributed by atoms with Crippen molar-refractivity contribution in [2.45, 2.75) is 38.3 Å². The van der Waals surface area contributed by atoms with Crippen molar-refractivity contribution >= 4 is 17.5 Å². The van der Waals surface area contributed by atoms with Crippen LogP contribution in [0.4, 0.5) is 4.39 Å². The maximum Gasteiger partial charge on any atom is 0.223 e. The van der Waals surface area contributed by atoms with Crippen molar-refractivity contribution in [2.75, 3.05) is 33.2 Å². The fourth-order valence-electron chi connectivity index (χ4n) is 3.72. The van der Waals surface area contributed by atoms with Crippen LogP contribution in [0.3, 0.4) is 0 Å². The summed E-state index contributed by atoms with van der Waals surface area (Å²) in [5.41, 5.74) is 0.665. The fraction of sp³-hybridized carbons (Fsp3) is 0.632. The van der Waals surface area contributed by atoms with Crippen LogP contribution in [-0.4, -0.2) is 55.0 Å². The van der Waals surface area contributed by atoms with Gasteiger partial charge in [0.25, 0.3) is 0 Å². The number of piperidine rings is 2. The second kappa shape index (κ2) is 8.47. The summed E-state index contributed by atoms with van der Waals surface area (Å²) < 4.78 is 13.9. The van der Waals surface area contributed by atoms with Crippen LogP contribution < -0.4 is 5.32 Å². The molecule has 3 rings (SSSR count). The van der Waals surface area contributed by atoms with Gasteiger partial charge in [0.15, 0.2) is 0 Å². The van der Waals surface area contributed by atoms with Crippen LogP contribution in [-0.2, 0) is 11.3 Å². The summed E-state index contributed by atoms with van der Waals surface area (Å²) in [6.45, 7) is 4.33. The van der Waals surface area contributed by atoms with Crippen molar-refractivity contribution in [2.24, 2.45) is 5.92 Å².